The lowest BCUT2D eigenvalue weighted by molar-refractivity contribution is 0.0955. The number of benzene rings is 1. The van der Waals surface area contributed by atoms with Crippen LogP contribution in [0, 0.1) is 0 Å². The van der Waals surface area contributed by atoms with Crippen LogP contribution in [0.2, 0.25) is 0 Å². The molecule has 0 saturated heterocycles. The number of aryl methyl sites for hydroxylation is 1. The summed E-state index contributed by atoms with van der Waals surface area (Å²) in [6.45, 7) is 2.60. The second kappa shape index (κ2) is 7.85. The summed E-state index contributed by atoms with van der Waals surface area (Å²) in [6.07, 6.45) is 2.43. The van der Waals surface area contributed by atoms with E-state index in [9.17, 15) is 4.79 Å². The van der Waals surface area contributed by atoms with Crippen LogP contribution in [-0.4, -0.2) is 22.0 Å². The molecule has 1 atom stereocenters. The molecule has 112 valence electrons. The van der Waals surface area contributed by atoms with Gasteiger partial charge in [0.05, 0.1) is 5.69 Å². The van der Waals surface area contributed by atoms with E-state index in [2.05, 4.69) is 21.8 Å². The molecule has 0 aliphatic heterocycles. The fourth-order valence-corrected chi connectivity index (χ4v) is 2.69. The van der Waals surface area contributed by atoms with Gasteiger partial charge in [0.15, 0.2) is 0 Å². The maximum absolute atomic E-state index is 12.1. The van der Waals surface area contributed by atoms with Crippen LogP contribution >= 0.6 is 11.5 Å². The van der Waals surface area contributed by atoms with Crippen molar-refractivity contribution in [2.24, 2.45) is 5.73 Å². The molecule has 1 heterocycles. The van der Waals surface area contributed by atoms with Crippen LogP contribution in [0.5, 0.6) is 0 Å². The second-order valence-electron chi connectivity index (χ2n) is 4.86. The molecule has 2 rings (SSSR count). The number of rotatable bonds is 7. The van der Waals surface area contributed by atoms with Crippen molar-refractivity contribution in [3.05, 3.63) is 46.5 Å². The zero-order chi connectivity index (χ0) is 15.1. The minimum Gasteiger partial charge on any atom is -0.351 e. The van der Waals surface area contributed by atoms with Crippen molar-refractivity contribution in [2.75, 3.05) is 6.54 Å². The van der Waals surface area contributed by atoms with E-state index < -0.39 is 0 Å². The number of aromatic nitrogens is 2. The molecule has 0 radical (unpaired) electrons. The quantitative estimate of drug-likeness (QED) is 0.822. The Morgan fingerprint density at radius 3 is 2.86 bits per heavy atom. The molecule has 0 bridgehead atoms. The van der Waals surface area contributed by atoms with E-state index >= 15 is 0 Å². The van der Waals surface area contributed by atoms with E-state index in [0.29, 0.717) is 17.8 Å². The highest BCUT2D eigenvalue weighted by Gasteiger charge is 2.15. The van der Waals surface area contributed by atoms with Crippen LogP contribution in [0.15, 0.2) is 30.3 Å². The Kier molecular flexibility index (Phi) is 5.83. The average Bonchev–Trinajstić information content (AvgIpc) is 2.96. The third-order valence-corrected chi connectivity index (χ3v) is 3.98. The van der Waals surface area contributed by atoms with Crippen LogP contribution in [0.25, 0.3) is 0 Å². The topological polar surface area (TPSA) is 80.9 Å². The fraction of sp³-hybridized carbons (Fsp3) is 0.400. The zero-order valence-electron chi connectivity index (χ0n) is 12.1. The van der Waals surface area contributed by atoms with Gasteiger partial charge in [-0.2, -0.15) is 0 Å². The molecular formula is C15H20N4OS. The Morgan fingerprint density at radius 2 is 2.14 bits per heavy atom. The lowest BCUT2D eigenvalue weighted by Gasteiger charge is -2.12. The van der Waals surface area contributed by atoms with Gasteiger partial charge in [-0.1, -0.05) is 48.2 Å². The van der Waals surface area contributed by atoms with Gasteiger partial charge in [0.25, 0.3) is 5.91 Å². The summed E-state index contributed by atoms with van der Waals surface area (Å²) in [7, 11) is 0. The van der Waals surface area contributed by atoms with Crippen molar-refractivity contribution in [1.82, 2.24) is 14.9 Å². The van der Waals surface area contributed by atoms with Crippen molar-refractivity contribution in [1.29, 1.82) is 0 Å². The lowest BCUT2D eigenvalue weighted by atomic mass is 10.1. The predicted octanol–water partition coefficient (Wildman–Crippen LogP) is 2.31. The number of nitrogens with two attached hydrogens (primary N) is 1. The number of nitrogens with one attached hydrogen (secondary N) is 1. The highest BCUT2D eigenvalue weighted by Crippen LogP contribution is 2.14. The van der Waals surface area contributed by atoms with E-state index in [1.165, 1.54) is 0 Å². The number of carbonyl (C=O) groups excluding carboxylic acids is 1. The molecule has 3 N–H and O–H groups in total. The van der Waals surface area contributed by atoms with Crippen molar-refractivity contribution in [3.63, 3.8) is 0 Å². The number of amides is 1. The second-order valence-corrected chi connectivity index (χ2v) is 5.61. The standard InChI is InChI=1S/C15H20N4OS/c1-2-6-13-14(21-19-18-13)15(20)17-10-9-12(16)11-7-4-3-5-8-11/h3-5,7-8,12H,2,6,9-10,16H2,1H3,(H,17,20). The predicted molar refractivity (Wildman–Crippen MR) is 84.2 cm³/mol. The summed E-state index contributed by atoms with van der Waals surface area (Å²) in [4.78, 5) is 12.7. The Hall–Kier alpha value is -1.79. The summed E-state index contributed by atoms with van der Waals surface area (Å²) in [5.41, 5.74) is 7.97. The van der Waals surface area contributed by atoms with E-state index in [1.807, 2.05) is 30.3 Å². The van der Waals surface area contributed by atoms with Crippen LogP contribution in [0.4, 0.5) is 0 Å². The van der Waals surface area contributed by atoms with Gasteiger partial charge >= 0.3 is 0 Å². The number of nitrogens with zero attached hydrogens (tertiary/aromatic N) is 2. The van der Waals surface area contributed by atoms with Gasteiger partial charge in [0, 0.05) is 12.6 Å². The van der Waals surface area contributed by atoms with Gasteiger partial charge < -0.3 is 11.1 Å². The molecule has 5 nitrogen and oxygen atoms in total. The fourth-order valence-electron chi connectivity index (χ4n) is 2.07. The van der Waals surface area contributed by atoms with Crippen LogP contribution in [-0.2, 0) is 6.42 Å². The molecule has 1 aromatic heterocycles. The molecule has 1 aromatic carbocycles. The van der Waals surface area contributed by atoms with Crippen molar-refractivity contribution < 1.29 is 4.79 Å². The smallest absolute Gasteiger partial charge is 0.264 e. The number of carbonyl (C=O) groups is 1. The maximum atomic E-state index is 12.1. The van der Waals surface area contributed by atoms with Gasteiger partial charge in [-0.05, 0) is 29.9 Å². The Morgan fingerprint density at radius 1 is 1.38 bits per heavy atom. The summed E-state index contributed by atoms with van der Waals surface area (Å²) >= 11 is 1.15. The Balaban J connectivity index is 1.83. The van der Waals surface area contributed by atoms with Gasteiger partial charge in [0.2, 0.25) is 0 Å². The molecule has 6 heteroatoms. The largest absolute Gasteiger partial charge is 0.351 e. The van der Waals surface area contributed by atoms with Crippen LogP contribution < -0.4 is 11.1 Å². The molecule has 0 aliphatic carbocycles. The third-order valence-electron chi connectivity index (χ3n) is 3.22. The number of hydrogen-bond acceptors (Lipinski definition) is 5. The molecule has 1 amide bonds. The SMILES string of the molecule is CCCc1nnsc1C(=O)NCCC(N)c1ccccc1. The summed E-state index contributed by atoms with van der Waals surface area (Å²) in [5.74, 6) is -0.103. The maximum Gasteiger partial charge on any atom is 0.264 e. The van der Waals surface area contributed by atoms with Crippen molar-refractivity contribution >= 4 is 17.4 Å². The van der Waals surface area contributed by atoms with Gasteiger partial charge in [-0.15, -0.1) is 5.10 Å². The number of hydrogen-bond donors (Lipinski definition) is 2. The Labute approximate surface area is 128 Å². The molecule has 1 unspecified atom stereocenters. The van der Waals surface area contributed by atoms with E-state index in [-0.39, 0.29) is 11.9 Å². The summed E-state index contributed by atoms with van der Waals surface area (Å²) in [6, 6.07) is 9.82. The third kappa shape index (κ3) is 4.34. The average molecular weight is 304 g/mol. The minimum absolute atomic E-state index is 0.0683. The first-order valence-electron chi connectivity index (χ1n) is 7.12. The highest BCUT2D eigenvalue weighted by molar-refractivity contribution is 7.08. The van der Waals surface area contributed by atoms with Crippen molar-refractivity contribution in [3.8, 4) is 0 Å². The van der Waals surface area contributed by atoms with Gasteiger partial charge in [-0.3, -0.25) is 4.79 Å². The van der Waals surface area contributed by atoms with Crippen LogP contribution in [0.3, 0.4) is 0 Å². The summed E-state index contributed by atoms with van der Waals surface area (Å²) in [5, 5.41) is 6.90. The molecule has 2 aromatic rings. The lowest BCUT2D eigenvalue weighted by Crippen LogP contribution is -2.27. The monoisotopic (exact) mass is 304 g/mol. The molecule has 0 spiro atoms. The first-order chi connectivity index (χ1) is 10.2. The molecular weight excluding hydrogens is 284 g/mol. The van der Waals surface area contributed by atoms with E-state index in [0.717, 1.165) is 35.6 Å². The molecule has 0 aliphatic rings. The zero-order valence-corrected chi connectivity index (χ0v) is 12.9. The molecule has 21 heavy (non-hydrogen) atoms. The first kappa shape index (κ1) is 15.6. The molecule has 0 saturated carbocycles. The minimum atomic E-state index is -0.103. The highest BCUT2D eigenvalue weighted by atomic mass is 32.1. The van der Waals surface area contributed by atoms with Crippen LogP contribution in [0.1, 0.15) is 46.7 Å². The van der Waals surface area contributed by atoms with E-state index in [4.69, 9.17) is 5.73 Å². The van der Waals surface area contributed by atoms with Gasteiger partial charge in [-0.25, -0.2) is 0 Å². The molecule has 0 fully saturated rings. The van der Waals surface area contributed by atoms with Gasteiger partial charge in [0.1, 0.15) is 4.88 Å². The first-order valence-corrected chi connectivity index (χ1v) is 7.89. The normalized spacial score (nSPS) is 12.1. The Bertz CT molecular complexity index is 570. The van der Waals surface area contributed by atoms with Crippen molar-refractivity contribution in [2.45, 2.75) is 32.2 Å². The van der Waals surface area contributed by atoms with E-state index in [1.54, 1.807) is 0 Å². The summed E-state index contributed by atoms with van der Waals surface area (Å²) < 4.78 is 3.86.